The Bertz CT molecular complexity index is 405. The minimum Gasteiger partial charge on any atom is -0.479 e. The second-order valence-corrected chi connectivity index (χ2v) is 4.87. The van der Waals surface area contributed by atoms with Crippen molar-refractivity contribution in [2.24, 2.45) is 0 Å². The van der Waals surface area contributed by atoms with E-state index in [1.54, 1.807) is 12.1 Å². The average Bonchev–Trinajstić information content (AvgIpc) is 2.43. The van der Waals surface area contributed by atoms with Crippen molar-refractivity contribution in [3.05, 3.63) is 29.3 Å². The molecular weight excluding hydrogens is 262 g/mol. The van der Waals surface area contributed by atoms with E-state index in [1.165, 1.54) is 0 Å². The Morgan fingerprint density at radius 1 is 1.21 bits per heavy atom. The van der Waals surface area contributed by atoms with Gasteiger partial charge in [-0.05, 0) is 31.4 Å². The number of ether oxygens (including phenoxy) is 1. The topological polar surface area (TPSA) is 38.3 Å². The molecule has 0 saturated heterocycles. The lowest BCUT2D eigenvalue weighted by Gasteiger charge is -2.21. The zero-order valence-electron chi connectivity index (χ0n) is 11.8. The van der Waals surface area contributed by atoms with Gasteiger partial charge in [0.05, 0.1) is 5.02 Å². The first kappa shape index (κ1) is 15.8. The lowest BCUT2D eigenvalue weighted by Crippen LogP contribution is -2.43. The van der Waals surface area contributed by atoms with Gasteiger partial charge >= 0.3 is 0 Å². The van der Waals surface area contributed by atoms with E-state index in [0.29, 0.717) is 17.2 Å². The molecule has 106 valence electrons. The van der Waals surface area contributed by atoms with Crippen LogP contribution in [0.5, 0.6) is 5.75 Å². The van der Waals surface area contributed by atoms with Gasteiger partial charge in [-0.25, -0.2) is 0 Å². The number of amides is 1. The molecule has 3 nitrogen and oxygen atoms in total. The van der Waals surface area contributed by atoms with Crippen LogP contribution in [0.1, 0.15) is 40.0 Å². The lowest BCUT2D eigenvalue weighted by atomic mass is 10.1. The van der Waals surface area contributed by atoms with Gasteiger partial charge in [0.25, 0.3) is 5.91 Å². The zero-order chi connectivity index (χ0) is 14.3. The fraction of sp³-hybridized carbons (Fsp3) is 0.533. The first-order chi connectivity index (χ1) is 9.12. The van der Waals surface area contributed by atoms with Gasteiger partial charge in [0.15, 0.2) is 6.10 Å². The summed E-state index contributed by atoms with van der Waals surface area (Å²) in [5, 5.41) is 3.52. The highest BCUT2D eigenvalue weighted by molar-refractivity contribution is 6.32. The van der Waals surface area contributed by atoms with E-state index < -0.39 is 6.10 Å². The molecule has 0 saturated carbocycles. The fourth-order valence-corrected chi connectivity index (χ4v) is 1.98. The maximum absolute atomic E-state index is 12.1. The number of nitrogens with one attached hydrogen (secondary N) is 1. The van der Waals surface area contributed by atoms with Crippen molar-refractivity contribution in [2.45, 2.75) is 52.2 Å². The van der Waals surface area contributed by atoms with Crippen molar-refractivity contribution >= 4 is 17.5 Å². The lowest BCUT2D eigenvalue weighted by molar-refractivity contribution is -0.128. The normalized spacial score (nSPS) is 12.3. The summed E-state index contributed by atoms with van der Waals surface area (Å²) in [6.07, 6.45) is 1.95. The monoisotopic (exact) mass is 283 g/mol. The van der Waals surface area contributed by atoms with Crippen LogP contribution >= 0.6 is 11.6 Å². The fourth-order valence-electron chi connectivity index (χ4n) is 1.80. The molecular formula is C15H22ClNO2. The van der Waals surface area contributed by atoms with Gasteiger partial charge in [0.2, 0.25) is 0 Å². The van der Waals surface area contributed by atoms with Gasteiger partial charge in [0, 0.05) is 6.04 Å². The third-order valence-electron chi connectivity index (χ3n) is 3.10. The number of benzene rings is 1. The molecule has 1 aromatic rings. The minimum atomic E-state index is -0.500. The molecule has 4 heteroatoms. The van der Waals surface area contributed by atoms with Crippen LogP contribution in [0.15, 0.2) is 24.3 Å². The van der Waals surface area contributed by atoms with Crippen LogP contribution in [-0.2, 0) is 4.79 Å². The van der Waals surface area contributed by atoms with Crippen LogP contribution < -0.4 is 10.1 Å². The van der Waals surface area contributed by atoms with Crippen molar-refractivity contribution < 1.29 is 9.53 Å². The number of para-hydroxylation sites is 1. The Balaban J connectivity index is 2.68. The van der Waals surface area contributed by atoms with Crippen molar-refractivity contribution in [3.63, 3.8) is 0 Å². The van der Waals surface area contributed by atoms with E-state index in [4.69, 9.17) is 16.3 Å². The van der Waals surface area contributed by atoms with Gasteiger partial charge in [0.1, 0.15) is 5.75 Å². The molecule has 0 bridgehead atoms. The number of carbonyl (C=O) groups excluding carboxylic acids is 1. The van der Waals surface area contributed by atoms with Gasteiger partial charge in [-0.1, -0.05) is 44.5 Å². The maximum Gasteiger partial charge on any atom is 0.261 e. The van der Waals surface area contributed by atoms with Crippen molar-refractivity contribution in [2.75, 3.05) is 0 Å². The molecule has 1 rings (SSSR count). The smallest absolute Gasteiger partial charge is 0.261 e. The van der Waals surface area contributed by atoms with E-state index >= 15 is 0 Å². The number of rotatable bonds is 7. The summed E-state index contributed by atoms with van der Waals surface area (Å²) in [5.74, 6) is 0.479. The molecule has 0 aliphatic heterocycles. The molecule has 0 heterocycles. The summed E-state index contributed by atoms with van der Waals surface area (Å²) in [4.78, 5) is 12.1. The number of hydrogen-bond donors (Lipinski definition) is 1. The van der Waals surface area contributed by atoms with Gasteiger partial charge in [-0.2, -0.15) is 0 Å². The van der Waals surface area contributed by atoms with E-state index in [9.17, 15) is 4.79 Å². The molecule has 0 aliphatic rings. The van der Waals surface area contributed by atoms with Crippen LogP contribution in [0.25, 0.3) is 0 Å². The van der Waals surface area contributed by atoms with Crippen LogP contribution in [0.4, 0.5) is 0 Å². The highest BCUT2D eigenvalue weighted by Gasteiger charge is 2.21. The molecule has 0 spiro atoms. The van der Waals surface area contributed by atoms with Gasteiger partial charge in [-0.3, -0.25) is 4.79 Å². The second-order valence-electron chi connectivity index (χ2n) is 4.47. The predicted molar refractivity (Wildman–Crippen MR) is 78.7 cm³/mol. The Morgan fingerprint density at radius 3 is 2.37 bits per heavy atom. The third-order valence-corrected chi connectivity index (χ3v) is 3.41. The van der Waals surface area contributed by atoms with E-state index in [0.717, 1.165) is 12.8 Å². The van der Waals surface area contributed by atoms with E-state index in [1.807, 2.05) is 19.1 Å². The van der Waals surface area contributed by atoms with Crippen LogP contribution in [-0.4, -0.2) is 18.1 Å². The Kier molecular flexibility index (Phi) is 6.71. The maximum atomic E-state index is 12.1. The molecule has 0 aromatic heterocycles. The van der Waals surface area contributed by atoms with Gasteiger partial charge < -0.3 is 10.1 Å². The molecule has 0 fully saturated rings. The summed E-state index contributed by atoms with van der Waals surface area (Å²) in [7, 11) is 0. The van der Waals surface area contributed by atoms with E-state index in [-0.39, 0.29) is 11.9 Å². The highest BCUT2D eigenvalue weighted by Crippen LogP contribution is 2.24. The molecule has 19 heavy (non-hydrogen) atoms. The molecule has 1 aromatic carbocycles. The van der Waals surface area contributed by atoms with Crippen LogP contribution in [0.3, 0.4) is 0 Å². The standard InChI is InChI=1S/C15H22ClNO2/c1-4-11(5-2)17-15(18)13(6-3)19-14-10-8-7-9-12(14)16/h7-11,13H,4-6H2,1-3H3,(H,17,18). The van der Waals surface area contributed by atoms with Crippen molar-refractivity contribution in [1.29, 1.82) is 0 Å². The minimum absolute atomic E-state index is 0.0730. The molecule has 1 unspecified atom stereocenters. The summed E-state index contributed by atoms with van der Waals surface area (Å²) < 4.78 is 5.70. The summed E-state index contributed by atoms with van der Waals surface area (Å²) >= 11 is 6.03. The third kappa shape index (κ3) is 4.75. The van der Waals surface area contributed by atoms with Crippen molar-refractivity contribution in [3.8, 4) is 5.75 Å². The van der Waals surface area contributed by atoms with Crippen LogP contribution in [0.2, 0.25) is 5.02 Å². The van der Waals surface area contributed by atoms with E-state index in [2.05, 4.69) is 19.2 Å². The largest absolute Gasteiger partial charge is 0.479 e. The molecule has 0 radical (unpaired) electrons. The molecule has 1 atom stereocenters. The quantitative estimate of drug-likeness (QED) is 0.826. The first-order valence-corrected chi connectivity index (χ1v) is 7.21. The first-order valence-electron chi connectivity index (χ1n) is 6.83. The molecule has 0 aliphatic carbocycles. The SMILES string of the molecule is CCC(CC)NC(=O)C(CC)Oc1ccccc1Cl. The average molecular weight is 284 g/mol. The summed E-state index contributed by atoms with van der Waals surface area (Å²) in [6.45, 7) is 6.04. The van der Waals surface area contributed by atoms with Crippen LogP contribution in [0, 0.1) is 0 Å². The number of carbonyl (C=O) groups is 1. The van der Waals surface area contributed by atoms with Crippen molar-refractivity contribution in [1.82, 2.24) is 5.32 Å². The Hall–Kier alpha value is -1.22. The number of halogens is 1. The Morgan fingerprint density at radius 2 is 1.84 bits per heavy atom. The second kappa shape index (κ2) is 8.05. The summed E-state index contributed by atoms with van der Waals surface area (Å²) in [6, 6.07) is 7.40. The zero-order valence-corrected chi connectivity index (χ0v) is 12.5. The predicted octanol–water partition coefficient (Wildman–Crippen LogP) is 3.80. The molecule has 1 amide bonds. The summed E-state index contributed by atoms with van der Waals surface area (Å²) in [5.41, 5.74) is 0. The number of hydrogen-bond acceptors (Lipinski definition) is 2. The highest BCUT2D eigenvalue weighted by atomic mass is 35.5. The molecule has 1 N–H and O–H groups in total. The van der Waals surface area contributed by atoms with Gasteiger partial charge in [-0.15, -0.1) is 0 Å². The Labute approximate surface area is 120 Å².